The Labute approximate surface area is 172 Å². The summed E-state index contributed by atoms with van der Waals surface area (Å²) in [6, 6.07) is 17.7. The van der Waals surface area contributed by atoms with Crippen LogP contribution in [0.3, 0.4) is 0 Å². The van der Waals surface area contributed by atoms with Gasteiger partial charge in [-0.05, 0) is 40.2 Å². The molecule has 0 bridgehead atoms. The van der Waals surface area contributed by atoms with Gasteiger partial charge >= 0.3 is 0 Å². The molecule has 7 heteroatoms. The lowest BCUT2D eigenvalue weighted by Gasteiger charge is -2.36. The zero-order valence-electron chi connectivity index (χ0n) is 15.3. The SMILES string of the molecule is O=C(Nc1cnc(N2CCN(c3ccccc3)CC2)nc1)c1ccccc1Br. The number of benzene rings is 2. The fourth-order valence-electron chi connectivity index (χ4n) is 3.20. The van der Waals surface area contributed by atoms with E-state index in [9.17, 15) is 4.79 Å². The average Bonchev–Trinajstić information content (AvgIpc) is 2.75. The molecule has 142 valence electrons. The Bertz CT molecular complexity index is 941. The number of anilines is 3. The molecule has 1 amide bonds. The van der Waals surface area contributed by atoms with E-state index in [0.717, 1.165) is 30.7 Å². The Morgan fingerprint density at radius 1 is 0.857 bits per heavy atom. The van der Waals surface area contributed by atoms with E-state index >= 15 is 0 Å². The number of para-hydroxylation sites is 1. The second-order valence-electron chi connectivity index (χ2n) is 6.52. The molecule has 3 aromatic rings. The number of hydrogen-bond acceptors (Lipinski definition) is 5. The molecule has 0 spiro atoms. The molecule has 1 N–H and O–H groups in total. The Morgan fingerprint density at radius 3 is 2.14 bits per heavy atom. The van der Waals surface area contributed by atoms with Gasteiger partial charge in [-0.15, -0.1) is 0 Å². The van der Waals surface area contributed by atoms with Crippen molar-refractivity contribution in [2.24, 2.45) is 0 Å². The highest BCUT2D eigenvalue weighted by atomic mass is 79.9. The summed E-state index contributed by atoms with van der Waals surface area (Å²) in [5.41, 5.74) is 2.39. The molecule has 1 aliphatic rings. The zero-order chi connectivity index (χ0) is 19.3. The predicted octanol–water partition coefficient (Wildman–Crippen LogP) is 3.82. The number of aromatic nitrogens is 2. The molecule has 1 aromatic heterocycles. The van der Waals surface area contributed by atoms with Gasteiger partial charge in [-0.2, -0.15) is 0 Å². The monoisotopic (exact) mass is 437 g/mol. The molecule has 2 aromatic carbocycles. The van der Waals surface area contributed by atoms with Gasteiger partial charge in [0.25, 0.3) is 5.91 Å². The molecule has 0 radical (unpaired) electrons. The molecule has 1 saturated heterocycles. The Balaban J connectivity index is 1.36. The van der Waals surface area contributed by atoms with Crippen LogP contribution in [0, 0.1) is 0 Å². The van der Waals surface area contributed by atoms with Gasteiger partial charge in [0, 0.05) is 36.3 Å². The Kier molecular flexibility index (Phi) is 5.53. The predicted molar refractivity (Wildman–Crippen MR) is 115 cm³/mol. The van der Waals surface area contributed by atoms with E-state index < -0.39 is 0 Å². The zero-order valence-corrected chi connectivity index (χ0v) is 16.8. The van der Waals surface area contributed by atoms with Gasteiger partial charge in [0.15, 0.2) is 0 Å². The van der Waals surface area contributed by atoms with Crippen molar-refractivity contribution in [1.82, 2.24) is 9.97 Å². The summed E-state index contributed by atoms with van der Waals surface area (Å²) in [4.78, 5) is 25.8. The summed E-state index contributed by atoms with van der Waals surface area (Å²) >= 11 is 3.39. The van der Waals surface area contributed by atoms with Crippen LogP contribution in [0.15, 0.2) is 71.5 Å². The molecule has 0 saturated carbocycles. The third-order valence-corrected chi connectivity index (χ3v) is 5.39. The molecule has 2 heterocycles. The number of carbonyl (C=O) groups excluding carboxylic acids is 1. The lowest BCUT2D eigenvalue weighted by atomic mass is 10.2. The molecule has 1 fully saturated rings. The second-order valence-corrected chi connectivity index (χ2v) is 7.37. The van der Waals surface area contributed by atoms with E-state index in [1.54, 1.807) is 18.5 Å². The minimum atomic E-state index is -0.194. The van der Waals surface area contributed by atoms with Crippen molar-refractivity contribution in [2.45, 2.75) is 0 Å². The van der Waals surface area contributed by atoms with Gasteiger partial charge < -0.3 is 15.1 Å². The number of halogens is 1. The van der Waals surface area contributed by atoms with Crippen molar-refractivity contribution >= 4 is 39.2 Å². The van der Waals surface area contributed by atoms with Crippen LogP contribution < -0.4 is 15.1 Å². The van der Waals surface area contributed by atoms with Crippen molar-refractivity contribution < 1.29 is 4.79 Å². The van der Waals surface area contributed by atoms with E-state index in [-0.39, 0.29) is 5.91 Å². The smallest absolute Gasteiger partial charge is 0.256 e. The molecular formula is C21H20BrN5O. The van der Waals surface area contributed by atoms with Crippen LogP contribution in [-0.2, 0) is 0 Å². The standard InChI is InChI=1S/C21H20BrN5O/c22-19-9-5-4-8-18(19)20(28)25-16-14-23-21(24-15-16)27-12-10-26(11-13-27)17-6-2-1-3-7-17/h1-9,14-15H,10-13H2,(H,25,28). The Hall–Kier alpha value is -2.93. The topological polar surface area (TPSA) is 61.4 Å². The average molecular weight is 438 g/mol. The van der Waals surface area contributed by atoms with Crippen LogP contribution in [0.2, 0.25) is 0 Å². The van der Waals surface area contributed by atoms with Gasteiger partial charge in [0.1, 0.15) is 0 Å². The molecule has 0 unspecified atom stereocenters. The van der Waals surface area contributed by atoms with Gasteiger partial charge in [-0.3, -0.25) is 4.79 Å². The molecule has 6 nitrogen and oxygen atoms in total. The quantitative estimate of drug-likeness (QED) is 0.671. The molecule has 0 atom stereocenters. The van der Waals surface area contributed by atoms with Crippen LogP contribution in [0.5, 0.6) is 0 Å². The number of rotatable bonds is 4. The lowest BCUT2D eigenvalue weighted by molar-refractivity contribution is 0.102. The number of nitrogens with one attached hydrogen (secondary N) is 1. The Morgan fingerprint density at radius 2 is 1.46 bits per heavy atom. The van der Waals surface area contributed by atoms with E-state index in [2.05, 4.69) is 65.3 Å². The number of piperazine rings is 1. The molecule has 28 heavy (non-hydrogen) atoms. The highest BCUT2D eigenvalue weighted by Crippen LogP contribution is 2.20. The number of hydrogen-bond donors (Lipinski definition) is 1. The first-order valence-corrected chi connectivity index (χ1v) is 9.93. The van der Waals surface area contributed by atoms with Gasteiger partial charge in [-0.25, -0.2) is 9.97 Å². The van der Waals surface area contributed by atoms with Crippen LogP contribution in [0.4, 0.5) is 17.3 Å². The number of nitrogens with zero attached hydrogens (tertiary/aromatic N) is 4. The largest absolute Gasteiger partial charge is 0.368 e. The summed E-state index contributed by atoms with van der Waals surface area (Å²) < 4.78 is 0.751. The number of carbonyl (C=O) groups is 1. The van der Waals surface area contributed by atoms with Crippen LogP contribution in [0.1, 0.15) is 10.4 Å². The summed E-state index contributed by atoms with van der Waals surface area (Å²) in [6.07, 6.45) is 3.31. The van der Waals surface area contributed by atoms with Crippen molar-refractivity contribution in [2.75, 3.05) is 41.3 Å². The first kappa shape index (κ1) is 18.4. The van der Waals surface area contributed by atoms with Crippen molar-refractivity contribution in [3.63, 3.8) is 0 Å². The van der Waals surface area contributed by atoms with E-state index in [1.165, 1.54) is 5.69 Å². The number of amides is 1. The van der Waals surface area contributed by atoms with Crippen molar-refractivity contribution in [1.29, 1.82) is 0 Å². The maximum atomic E-state index is 12.4. The van der Waals surface area contributed by atoms with E-state index in [4.69, 9.17) is 0 Å². The molecule has 4 rings (SSSR count). The second kappa shape index (κ2) is 8.39. The summed E-state index contributed by atoms with van der Waals surface area (Å²) in [7, 11) is 0. The summed E-state index contributed by atoms with van der Waals surface area (Å²) in [5.74, 6) is 0.493. The van der Waals surface area contributed by atoms with Crippen LogP contribution >= 0.6 is 15.9 Å². The molecular weight excluding hydrogens is 418 g/mol. The van der Waals surface area contributed by atoms with Gasteiger partial charge in [0.05, 0.1) is 23.6 Å². The maximum Gasteiger partial charge on any atom is 0.256 e. The van der Waals surface area contributed by atoms with Gasteiger partial charge in [-0.1, -0.05) is 30.3 Å². The normalized spacial score (nSPS) is 14.0. The molecule has 0 aliphatic carbocycles. The van der Waals surface area contributed by atoms with Crippen molar-refractivity contribution in [3.8, 4) is 0 Å². The summed E-state index contributed by atoms with van der Waals surface area (Å²) in [5, 5.41) is 2.84. The highest BCUT2D eigenvalue weighted by Gasteiger charge is 2.19. The summed E-state index contributed by atoms with van der Waals surface area (Å²) in [6.45, 7) is 3.57. The third-order valence-electron chi connectivity index (χ3n) is 4.70. The fraction of sp³-hybridized carbons (Fsp3) is 0.190. The fourth-order valence-corrected chi connectivity index (χ4v) is 3.66. The highest BCUT2D eigenvalue weighted by molar-refractivity contribution is 9.10. The minimum Gasteiger partial charge on any atom is -0.368 e. The lowest BCUT2D eigenvalue weighted by Crippen LogP contribution is -2.47. The first-order chi connectivity index (χ1) is 13.7. The molecule has 1 aliphatic heterocycles. The van der Waals surface area contributed by atoms with Gasteiger partial charge in [0.2, 0.25) is 5.95 Å². The minimum absolute atomic E-state index is 0.194. The van der Waals surface area contributed by atoms with E-state index in [0.29, 0.717) is 17.2 Å². The van der Waals surface area contributed by atoms with Crippen LogP contribution in [-0.4, -0.2) is 42.1 Å². The first-order valence-electron chi connectivity index (χ1n) is 9.13. The maximum absolute atomic E-state index is 12.4. The third kappa shape index (κ3) is 4.14. The van der Waals surface area contributed by atoms with Crippen LogP contribution in [0.25, 0.3) is 0 Å². The van der Waals surface area contributed by atoms with Crippen molar-refractivity contribution in [3.05, 3.63) is 77.0 Å². The van der Waals surface area contributed by atoms with E-state index in [1.807, 2.05) is 24.3 Å².